The third-order valence-corrected chi connectivity index (χ3v) is 2.70. The molecule has 20 heavy (non-hydrogen) atoms. The Morgan fingerprint density at radius 2 is 1.90 bits per heavy atom. The van der Waals surface area contributed by atoms with Crippen molar-refractivity contribution >= 4 is 11.6 Å². The van der Waals surface area contributed by atoms with Gasteiger partial charge < -0.3 is 9.47 Å². The Bertz CT molecular complexity index is 617. The van der Waals surface area contributed by atoms with Gasteiger partial charge in [-0.1, -0.05) is 23.7 Å². The number of nitrogens with zero attached hydrogens (tertiary/aromatic N) is 1. The number of aromatic nitrogens is 1. The first-order chi connectivity index (χ1) is 9.39. The van der Waals surface area contributed by atoms with E-state index >= 15 is 0 Å². The minimum absolute atomic E-state index is 0.133. The molecule has 0 amide bonds. The highest BCUT2D eigenvalue weighted by Gasteiger charge is 2.31. The second-order valence-corrected chi connectivity index (χ2v) is 4.13. The van der Waals surface area contributed by atoms with Crippen molar-refractivity contribution in [2.24, 2.45) is 0 Å². The topological polar surface area (TPSA) is 31.4 Å². The Morgan fingerprint density at radius 3 is 2.50 bits per heavy atom. The van der Waals surface area contributed by atoms with Crippen LogP contribution in [0.2, 0.25) is 5.15 Å². The molecule has 0 atom stereocenters. The van der Waals surface area contributed by atoms with Gasteiger partial charge >= 0.3 is 6.36 Å². The molecule has 0 unspecified atom stereocenters. The summed E-state index contributed by atoms with van der Waals surface area (Å²) in [5, 5.41) is 0.133. The van der Waals surface area contributed by atoms with Gasteiger partial charge in [-0.3, -0.25) is 0 Å². The largest absolute Gasteiger partial charge is 0.573 e. The zero-order valence-electron chi connectivity index (χ0n) is 10.2. The lowest BCUT2D eigenvalue weighted by molar-refractivity contribution is -0.274. The number of ether oxygens (including phenoxy) is 2. The van der Waals surface area contributed by atoms with Crippen molar-refractivity contribution in [3.63, 3.8) is 0 Å². The van der Waals surface area contributed by atoms with E-state index in [-0.39, 0.29) is 10.9 Å². The number of pyridine rings is 1. The van der Waals surface area contributed by atoms with Crippen molar-refractivity contribution in [2.75, 3.05) is 7.11 Å². The lowest BCUT2D eigenvalue weighted by Crippen LogP contribution is -2.17. The smallest absolute Gasteiger partial charge is 0.481 e. The Morgan fingerprint density at radius 1 is 1.15 bits per heavy atom. The van der Waals surface area contributed by atoms with Crippen LogP contribution in [0.5, 0.6) is 11.6 Å². The quantitative estimate of drug-likeness (QED) is 0.792. The van der Waals surface area contributed by atoms with Crippen molar-refractivity contribution < 1.29 is 22.6 Å². The van der Waals surface area contributed by atoms with E-state index in [1.807, 2.05) is 0 Å². The minimum Gasteiger partial charge on any atom is -0.481 e. The molecule has 0 aliphatic rings. The van der Waals surface area contributed by atoms with Gasteiger partial charge in [0, 0.05) is 11.6 Å². The van der Waals surface area contributed by atoms with Crippen LogP contribution in [0.1, 0.15) is 0 Å². The second-order valence-electron chi connectivity index (χ2n) is 3.77. The summed E-state index contributed by atoms with van der Waals surface area (Å²) in [5.41, 5.74) is 0.951. The van der Waals surface area contributed by atoms with Gasteiger partial charge in [0.1, 0.15) is 10.9 Å². The molecule has 0 N–H and O–H groups in total. The zero-order chi connectivity index (χ0) is 14.8. The van der Waals surface area contributed by atoms with Crippen LogP contribution in [0, 0.1) is 0 Å². The fourth-order valence-electron chi connectivity index (χ4n) is 1.61. The van der Waals surface area contributed by atoms with Crippen molar-refractivity contribution in [3.8, 4) is 22.8 Å². The molecule has 7 heteroatoms. The maximum Gasteiger partial charge on any atom is 0.573 e. The molecule has 3 nitrogen and oxygen atoms in total. The van der Waals surface area contributed by atoms with E-state index < -0.39 is 6.36 Å². The van der Waals surface area contributed by atoms with Gasteiger partial charge in [0.05, 0.1) is 7.11 Å². The number of rotatable bonds is 3. The van der Waals surface area contributed by atoms with E-state index in [1.165, 1.54) is 25.3 Å². The summed E-state index contributed by atoms with van der Waals surface area (Å²) in [6, 6.07) is 8.68. The van der Waals surface area contributed by atoms with Crippen molar-refractivity contribution in [3.05, 3.63) is 41.6 Å². The first-order valence-corrected chi connectivity index (χ1v) is 5.83. The first kappa shape index (κ1) is 14.5. The molecule has 0 bridgehead atoms. The van der Waals surface area contributed by atoms with Gasteiger partial charge in [0.25, 0.3) is 0 Å². The molecule has 2 rings (SSSR count). The van der Waals surface area contributed by atoms with Crippen LogP contribution in [0.4, 0.5) is 13.2 Å². The number of hydrogen-bond acceptors (Lipinski definition) is 3. The Kier molecular flexibility index (Phi) is 4.04. The third-order valence-electron chi connectivity index (χ3n) is 2.41. The molecule has 1 aromatic carbocycles. The number of hydrogen-bond donors (Lipinski definition) is 0. The SMILES string of the molecule is COc1ccc(-c2cccc(OC(F)(F)F)c2)c(Cl)n1. The molecule has 1 heterocycles. The zero-order valence-corrected chi connectivity index (χ0v) is 11.0. The minimum atomic E-state index is -4.74. The predicted molar refractivity (Wildman–Crippen MR) is 67.9 cm³/mol. The third kappa shape index (κ3) is 3.54. The highest BCUT2D eigenvalue weighted by molar-refractivity contribution is 6.32. The second kappa shape index (κ2) is 5.58. The molecule has 106 valence electrons. The summed E-state index contributed by atoms with van der Waals surface area (Å²) in [6.45, 7) is 0. The molecule has 0 aliphatic carbocycles. The van der Waals surface area contributed by atoms with Crippen LogP contribution in [0.15, 0.2) is 36.4 Å². The molecule has 0 aliphatic heterocycles. The van der Waals surface area contributed by atoms with E-state index in [9.17, 15) is 13.2 Å². The molecule has 0 spiro atoms. The van der Waals surface area contributed by atoms with Gasteiger partial charge in [-0.2, -0.15) is 0 Å². The van der Waals surface area contributed by atoms with Gasteiger partial charge in [-0.25, -0.2) is 4.98 Å². The van der Waals surface area contributed by atoms with Crippen LogP contribution in [0.25, 0.3) is 11.1 Å². The number of benzene rings is 1. The molecular formula is C13H9ClF3NO2. The Balaban J connectivity index is 2.36. The number of alkyl halides is 3. The average Bonchev–Trinajstić information content (AvgIpc) is 2.36. The fourth-order valence-corrected chi connectivity index (χ4v) is 1.86. The molecule has 0 radical (unpaired) electrons. The van der Waals surface area contributed by atoms with Crippen molar-refractivity contribution in [1.82, 2.24) is 4.98 Å². The normalized spacial score (nSPS) is 11.2. The summed E-state index contributed by atoms with van der Waals surface area (Å²) >= 11 is 5.97. The molecule has 0 fully saturated rings. The average molecular weight is 304 g/mol. The molecule has 0 saturated carbocycles. The van der Waals surface area contributed by atoms with Gasteiger partial charge in [0.2, 0.25) is 5.88 Å². The summed E-state index contributed by atoms with van der Waals surface area (Å²) in [5.74, 6) is 0.00308. The van der Waals surface area contributed by atoms with E-state index in [0.29, 0.717) is 17.0 Å². The highest BCUT2D eigenvalue weighted by atomic mass is 35.5. The van der Waals surface area contributed by atoms with Crippen LogP contribution in [0.3, 0.4) is 0 Å². The lowest BCUT2D eigenvalue weighted by Gasteiger charge is -2.11. The van der Waals surface area contributed by atoms with Crippen LogP contribution in [-0.2, 0) is 0 Å². The molecular weight excluding hydrogens is 295 g/mol. The van der Waals surface area contributed by atoms with Crippen molar-refractivity contribution in [2.45, 2.75) is 6.36 Å². The van der Waals surface area contributed by atoms with Gasteiger partial charge in [0.15, 0.2) is 0 Å². The van der Waals surface area contributed by atoms with Gasteiger partial charge in [-0.05, 0) is 23.8 Å². The van der Waals surface area contributed by atoms with Crippen molar-refractivity contribution in [1.29, 1.82) is 0 Å². The standard InChI is InChI=1S/C13H9ClF3NO2/c1-19-11-6-5-10(12(14)18-11)8-3-2-4-9(7-8)20-13(15,16)17/h2-7H,1H3. The Labute approximate surface area is 117 Å². The fraction of sp³-hybridized carbons (Fsp3) is 0.154. The van der Waals surface area contributed by atoms with Crippen LogP contribution in [-0.4, -0.2) is 18.5 Å². The lowest BCUT2D eigenvalue weighted by atomic mass is 10.1. The monoisotopic (exact) mass is 303 g/mol. The highest BCUT2D eigenvalue weighted by Crippen LogP contribution is 2.32. The molecule has 2 aromatic rings. The van der Waals surface area contributed by atoms with Gasteiger partial charge in [-0.15, -0.1) is 13.2 Å². The summed E-state index contributed by atoms with van der Waals surface area (Å²) in [6.07, 6.45) is -4.74. The maximum atomic E-state index is 12.2. The maximum absolute atomic E-state index is 12.2. The van der Waals surface area contributed by atoms with E-state index in [4.69, 9.17) is 16.3 Å². The molecule has 1 aromatic heterocycles. The number of methoxy groups -OCH3 is 1. The Hall–Kier alpha value is -1.95. The van der Waals surface area contributed by atoms with E-state index in [2.05, 4.69) is 9.72 Å². The number of halogens is 4. The van der Waals surface area contributed by atoms with E-state index in [0.717, 1.165) is 0 Å². The summed E-state index contributed by atoms with van der Waals surface area (Å²) in [7, 11) is 1.44. The summed E-state index contributed by atoms with van der Waals surface area (Å²) in [4.78, 5) is 3.95. The van der Waals surface area contributed by atoms with Crippen LogP contribution >= 0.6 is 11.6 Å². The van der Waals surface area contributed by atoms with Crippen LogP contribution < -0.4 is 9.47 Å². The van der Waals surface area contributed by atoms with E-state index in [1.54, 1.807) is 18.2 Å². The predicted octanol–water partition coefficient (Wildman–Crippen LogP) is 4.31. The molecule has 0 saturated heterocycles. The summed E-state index contributed by atoms with van der Waals surface area (Å²) < 4.78 is 45.3. The first-order valence-electron chi connectivity index (χ1n) is 5.46.